The molecule has 7 heteroatoms. The van der Waals surface area contributed by atoms with Crippen LogP contribution in [0.15, 0.2) is 35.5 Å². The molecule has 0 amide bonds. The fraction of sp³-hybridized carbons (Fsp3) is 0.692. The van der Waals surface area contributed by atoms with Gasteiger partial charge in [0.25, 0.3) is 5.92 Å². The molecule has 0 bridgehead atoms. The zero-order chi connectivity index (χ0) is 24.3. The number of hydrogen-bond acceptors (Lipinski definition) is 4. The van der Waals surface area contributed by atoms with E-state index in [-0.39, 0.29) is 24.5 Å². The third kappa shape index (κ3) is 9.13. The molecule has 1 fully saturated rings. The van der Waals surface area contributed by atoms with Crippen molar-refractivity contribution in [2.75, 3.05) is 6.61 Å². The number of ether oxygens (including phenoxy) is 2. The number of carboxylic acids is 1. The van der Waals surface area contributed by atoms with Crippen LogP contribution in [0.2, 0.25) is 0 Å². The van der Waals surface area contributed by atoms with E-state index in [4.69, 9.17) is 14.6 Å². The minimum Gasteiger partial charge on any atom is -0.481 e. The SMILES string of the molecule is CCCCC(OC1CCCCO1)C(F)(F)C=CC1=C(CC=CCCCC(=O)O)C(=O)CC1C. The normalized spacial score (nSPS) is 23.2. The lowest BCUT2D eigenvalue weighted by atomic mass is 9.98. The highest BCUT2D eigenvalue weighted by Crippen LogP contribution is 2.35. The molecule has 0 aromatic carbocycles. The molecule has 5 nitrogen and oxygen atoms in total. The van der Waals surface area contributed by atoms with Gasteiger partial charge in [-0.25, -0.2) is 0 Å². The molecule has 186 valence electrons. The molecule has 2 aliphatic rings. The van der Waals surface area contributed by atoms with Gasteiger partial charge in [-0.1, -0.05) is 44.9 Å². The highest BCUT2D eigenvalue weighted by atomic mass is 19.3. The highest BCUT2D eigenvalue weighted by molar-refractivity contribution is 6.00. The largest absolute Gasteiger partial charge is 0.481 e. The Hall–Kier alpha value is -1.86. The van der Waals surface area contributed by atoms with E-state index in [2.05, 4.69) is 0 Å². The minimum atomic E-state index is -3.17. The summed E-state index contributed by atoms with van der Waals surface area (Å²) in [5, 5.41) is 8.68. The van der Waals surface area contributed by atoms with Gasteiger partial charge in [0.15, 0.2) is 12.1 Å². The molecule has 0 saturated carbocycles. The molecular weight excluding hydrogens is 430 g/mol. The number of aliphatic carboxylic acids is 1. The number of alkyl halides is 2. The van der Waals surface area contributed by atoms with Crippen molar-refractivity contribution in [1.29, 1.82) is 0 Å². The van der Waals surface area contributed by atoms with Crippen molar-refractivity contribution in [2.24, 2.45) is 5.92 Å². The van der Waals surface area contributed by atoms with Crippen LogP contribution in [0.3, 0.4) is 0 Å². The van der Waals surface area contributed by atoms with Crippen molar-refractivity contribution in [3.63, 3.8) is 0 Å². The van der Waals surface area contributed by atoms with Gasteiger partial charge in [0, 0.05) is 25.0 Å². The maximum Gasteiger partial charge on any atom is 0.303 e. The van der Waals surface area contributed by atoms with E-state index >= 15 is 8.78 Å². The molecule has 3 atom stereocenters. The molecule has 1 aliphatic carbocycles. The number of hydrogen-bond donors (Lipinski definition) is 1. The molecule has 0 spiro atoms. The Morgan fingerprint density at radius 2 is 2.09 bits per heavy atom. The first-order valence-electron chi connectivity index (χ1n) is 12.2. The minimum absolute atomic E-state index is 0.0185. The number of halogens is 2. The summed E-state index contributed by atoms with van der Waals surface area (Å²) in [6.45, 7) is 4.37. The van der Waals surface area contributed by atoms with Gasteiger partial charge in [0.05, 0.1) is 0 Å². The number of Topliss-reactive ketones (excluding diaryl/α,β-unsaturated/α-hetero) is 1. The summed E-state index contributed by atoms with van der Waals surface area (Å²) in [4.78, 5) is 23.0. The summed E-state index contributed by atoms with van der Waals surface area (Å²) < 4.78 is 41.6. The highest BCUT2D eigenvalue weighted by Gasteiger charge is 2.40. The Kier molecular flexibility index (Phi) is 11.4. The van der Waals surface area contributed by atoms with E-state index in [1.165, 1.54) is 6.08 Å². The molecule has 1 N–H and O–H groups in total. The standard InChI is InChI=1S/C26H38F2O5/c1-3-4-12-23(33-25-14-9-10-17-32-25)26(27,28)16-15-20-19(2)18-22(29)21(20)11-7-5-6-8-13-24(30)31/h5,7,15-16,19,23,25H,3-4,6,8-14,17-18H2,1-2H3,(H,30,31). The van der Waals surface area contributed by atoms with Crippen molar-refractivity contribution in [2.45, 2.75) is 103 Å². The van der Waals surface area contributed by atoms with Crippen LogP contribution < -0.4 is 0 Å². The molecule has 33 heavy (non-hydrogen) atoms. The summed E-state index contributed by atoms with van der Waals surface area (Å²) in [7, 11) is 0. The second-order valence-electron chi connectivity index (χ2n) is 8.99. The van der Waals surface area contributed by atoms with E-state index in [0.717, 1.165) is 25.3 Å². The average Bonchev–Trinajstić information content (AvgIpc) is 3.04. The van der Waals surface area contributed by atoms with Crippen LogP contribution >= 0.6 is 0 Å². The summed E-state index contributed by atoms with van der Waals surface area (Å²) >= 11 is 0. The summed E-state index contributed by atoms with van der Waals surface area (Å²) in [5.74, 6) is -4.14. The van der Waals surface area contributed by atoms with Crippen LogP contribution in [0, 0.1) is 5.92 Å². The van der Waals surface area contributed by atoms with E-state index < -0.39 is 24.3 Å². The van der Waals surface area contributed by atoms with E-state index in [1.807, 2.05) is 26.0 Å². The number of allylic oxidation sites excluding steroid dienone is 5. The van der Waals surface area contributed by atoms with E-state index in [1.54, 1.807) is 0 Å². The van der Waals surface area contributed by atoms with Crippen LogP contribution in [0.4, 0.5) is 8.78 Å². The Morgan fingerprint density at radius 3 is 2.76 bits per heavy atom. The lowest BCUT2D eigenvalue weighted by molar-refractivity contribution is -0.229. The van der Waals surface area contributed by atoms with Gasteiger partial charge in [-0.2, -0.15) is 8.78 Å². The van der Waals surface area contributed by atoms with Gasteiger partial charge in [0.2, 0.25) is 0 Å². The monoisotopic (exact) mass is 468 g/mol. The molecule has 1 saturated heterocycles. The number of rotatable bonds is 14. The number of carbonyl (C=O) groups is 2. The molecule has 0 aromatic rings. The molecule has 0 radical (unpaired) electrons. The third-order valence-electron chi connectivity index (χ3n) is 6.15. The van der Waals surface area contributed by atoms with Crippen molar-refractivity contribution in [3.05, 3.63) is 35.5 Å². The van der Waals surface area contributed by atoms with Crippen LogP contribution in [-0.2, 0) is 19.1 Å². The predicted molar refractivity (Wildman–Crippen MR) is 123 cm³/mol. The van der Waals surface area contributed by atoms with Crippen molar-refractivity contribution < 1.29 is 33.0 Å². The lowest BCUT2D eigenvalue weighted by Crippen LogP contribution is -2.39. The maximum atomic E-state index is 15.2. The van der Waals surface area contributed by atoms with Crippen molar-refractivity contribution in [3.8, 4) is 0 Å². The van der Waals surface area contributed by atoms with Crippen molar-refractivity contribution in [1.82, 2.24) is 0 Å². The van der Waals surface area contributed by atoms with Gasteiger partial charge >= 0.3 is 5.97 Å². The third-order valence-corrected chi connectivity index (χ3v) is 6.15. The fourth-order valence-electron chi connectivity index (χ4n) is 4.21. The van der Waals surface area contributed by atoms with Crippen LogP contribution in [0.5, 0.6) is 0 Å². The molecule has 0 aromatic heterocycles. The molecule has 1 aliphatic heterocycles. The van der Waals surface area contributed by atoms with Crippen molar-refractivity contribution >= 4 is 11.8 Å². The first-order valence-corrected chi connectivity index (χ1v) is 12.2. The molecule has 1 heterocycles. The van der Waals surface area contributed by atoms with E-state index in [0.29, 0.717) is 56.3 Å². The Bertz CT molecular complexity index is 735. The van der Waals surface area contributed by atoms with Gasteiger partial charge in [-0.15, -0.1) is 0 Å². The van der Waals surface area contributed by atoms with E-state index in [9.17, 15) is 9.59 Å². The number of unbranched alkanes of at least 4 members (excludes halogenated alkanes) is 2. The number of ketones is 1. The first kappa shape index (κ1) is 27.4. The van der Waals surface area contributed by atoms with Crippen LogP contribution in [-0.4, -0.2) is 41.8 Å². The quantitative estimate of drug-likeness (QED) is 0.236. The molecular formula is C26H38F2O5. The average molecular weight is 469 g/mol. The van der Waals surface area contributed by atoms with Crippen LogP contribution in [0.1, 0.15) is 84.5 Å². The lowest BCUT2D eigenvalue weighted by Gasteiger charge is -2.31. The second-order valence-corrected chi connectivity index (χ2v) is 8.99. The second kappa shape index (κ2) is 13.8. The fourth-order valence-corrected chi connectivity index (χ4v) is 4.21. The number of carboxylic acid groups (broad SMARTS) is 1. The van der Waals surface area contributed by atoms with Crippen LogP contribution in [0.25, 0.3) is 0 Å². The summed E-state index contributed by atoms with van der Waals surface area (Å²) in [5.41, 5.74) is 1.21. The Morgan fingerprint density at radius 1 is 1.30 bits per heavy atom. The molecule has 2 rings (SSSR count). The van der Waals surface area contributed by atoms with Gasteiger partial charge < -0.3 is 14.6 Å². The smallest absolute Gasteiger partial charge is 0.303 e. The van der Waals surface area contributed by atoms with Gasteiger partial charge in [0.1, 0.15) is 6.10 Å². The predicted octanol–water partition coefficient (Wildman–Crippen LogP) is 6.39. The first-order chi connectivity index (χ1) is 15.7. The Labute approximate surface area is 195 Å². The Balaban J connectivity index is 2.09. The maximum absolute atomic E-state index is 15.2. The van der Waals surface area contributed by atoms with Gasteiger partial charge in [-0.05, 0) is 62.5 Å². The zero-order valence-corrected chi connectivity index (χ0v) is 19.9. The zero-order valence-electron chi connectivity index (χ0n) is 19.9. The number of carbonyl (C=O) groups excluding carboxylic acids is 1. The topological polar surface area (TPSA) is 72.8 Å². The summed E-state index contributed by atoms with van der Waals surface area (Å²) in [6, 6.07) is 0. The van der Waals surface area contributed by atoms with Gasteiger partial charge in [-0.3, -0.25) is 9.59 Å². The molecule has 3 unspecified atom stereocenters. The summed E-state index contributed by atoms with van der Waals surface area (Å²) in [6.07, 6.45) is 10.2.